The first-order valence-corrected chi connectivity index (χ1v) is 6.88. The molecule has 0 amide bonds. The molecule has 0 radical (unpaired) electrons. The van der Waals surface area contributed by atoms with Crippen LogP contribution in [0.2, 0.25) is 0 Å². The minimum atomic E-state index is -0.00933. The second kappa shape index (κ2) is 6.01. The topological polar surface area (TPSA) is 105 Å². The molecular formula is C13H17N3O2S. The number of anilines is 2. The van der Waals surface area contributed by atoms with Gasteiger partial charge >= 0.3 is 0 Å². The zero-order valence-electron chi connectivity index (χ0n) is 10.5. The Bertz CT molecular complexity index is 556. The van der Waals surface area contributed by atoms with Gasteiger partial charge in [-0.1, -0.05) is 0 Å². The van der Waals surface area contributed by atoms with Gasteiger partial charge in [0.15, 0.2) is 0 Å². The number of aliphatic hydroxyl groups excluding tert-OH is 2. The zero-order valence-corrected chi connectivity index (χ0v) is 11.3. The van der Waals surface area contributed by atoms with Gasteiger partial charge in [-0.2, -0.15) is 0 Å². The first kappa shape index (κ1) is 13.8. The van der Waals surface area contributed by atoms with Crippen molar-refractivity contribution in [3.05, 3.63) is 28.8 Å². The van der Waals surface area contributed by atoms with Crippen LogP contribution in [0.15, 0.2) is 17.6 Å². The number of hydrogen-bond donors (Lipinski definition) is 4. The van der Waals surface area contributed by atoms with Gasteiger partial charge in [0.25, 0.3) is 0 Å². The van der Waals surface area contributed by atoms with Crippen LogP contribution < -0.4 is 11.5 Å². The smallest absolute Gasteiger partial charge is 0.125 e. The van der Waals surface area contributed by atoms with Gasteiger partial charge in [0.2, 0.25) is 0 Å². The second-order valence-corrected chi connectivity index (χ2v) is 5.07. The summed E-state index contributed by atoms with van der Waals surface area (Å²) in [5.74, 6) is 0. The van der Waals surface area contributed by atoms with E-state index in [1.165, 1.54) is 11.3 Å². The summed E-state index contributed by atoms with van der Waals surface area (Å²) in [5, 5.41) is 20.9. The summed E-state index contributed by atoms with van der Waals surface area (Å²) in [6.07, 6.45) is 2.58. The molecule has 0 saturated heterocycles. The first-order chi connectivity index (χ1) is 9.19. The molecule has 102 valence electrons. The first-order valence-electron chi connectivity index (χ1n) is 6.00. The Balaban J connectivity index is 2.62. The van der Waals surface area contributed by atoms with Crippen LogP contribution in [-0.4, -0.2) is 28.4 Å². The number of hydrogen-bond acceptors (Lipinski definition) is 6. The number of nitrogen functional groups attached to an aromatic ring is 2. The molecule has 0 atom stereocenters. The highest BCUT2D eigenvalue weighted by Crippen LogP contribution is 2.37. The summed E-state index contributed by atoms with van der Waals surface area (Å²) < 4.78 is 0. The number of nitrogens with two attached hydrogens (primary N) is 2. The van der Waals surface area contributed by atoms with Gasteiger partial charge < -0.3 is 21.7 Å². The fourth-order valence-electron chi connectivity index (χ4n) is 2.14. The number of benzene rings is 1. The van der Waals surface area contributed by atoms with Crippen molar-refractivity contribution in [2.24, 2.45) is 0 Å². The van der Waals surface area contributed by atoms with E-state index in [1.807, 2.05) is 5.38 Å². The van der Waals surface area contributed by atoms with Crippen LogP contribution in [0.5, 0.6) is 0 Å². The van der Waals surface area contributed by atoms with E-state index in [0.717, 1.165) is 21.7 Å². The molecule has 2 aromatic rings. The molecule has 0 unspecified atom stereocenters. The van der Waals surface area contributed by atoms with Crippen molar-refractivity contribution in [2.45, 2.75) is 12.8 Å². The molecule has 1 heterocycles. The number of aliphatic hydroxyl groups is 2. The molecule has 0 aliphatic carbocycles. The van der Waals surface area contributed by atoms with Gasteiger partial charge in [-0.15, -0.1) is 11.3 Å². The van der Waals surface area contributed by atoms with Crippen LogP contribution in [0, 0.1) is 0 Å². The molecule has 0 aliphatic heterocycles. The Labute approximate surface area is 115 Å². The van der Waals surface area contributed by atoms with Gasteiger partial charge in [0, 0.05) is 41.7 Å². The van der Waals surface area contributed by atoms with Crippen LogP contribution in [0.4, 0.5) is 11.4 Å². The van der Waals surface area contributed by atoms with Crippen molar-refractivity contribution in [1.82, 2.24) is 4.98 Å². The molecule has 1 aromatic carbocycles. The summed E-state index contributed by atoms with van der Waals surface area (Å²) >= 11 is 1.48. The lowest BCUT2D eigenvalue weighted by molar-refractivity contribution is 0.298. The second-order valence-electron chi connectivity index (χ2n) is 4.18. The minimum absolute atomic E-state index is 0.00933. The third-order valence-corrected chi connectivity index (χ3v) is 3.77. The highest BCUT2D eigenvalue weighted by atomic mass is 32.1. The molecule has 0 spiro atoms. The van der Waals surface area contributed by atoms with Crippen LogP contribution in [0.3, 0.4) is 0 Å². The lowest BCUT2D eigenvalue weighted by Gasteiger charge is -2.16. The highest BCUT2D eigenvalue weighted by Gasteiger charge is 2.17. The van der Waals surface area contributed by atoms with E-state index in [-0.39, 0.29) is 13.2 Å². The predicted octanol–water partition coefficient (Wildman–Crippen LogP) is 1.04. The molecule has 0 fully saturated rings. The average Bonchev–Trinajstić information content (AvgIpc) is 2.89. The Morgan fingerprint density at radius 3 is 2.47 bits per heavy atom. The van der Waals surface area contributed by atoms with Crippen molar-refractivity contribution in [1.29, 1.82) is 0 Å². The summed E-state index contributed by atoms with van der Waals surface area (Å²) in [7, 11) is 0. The summed E-state index contributed by atoms with van der Waals surface area (Å²) in [4.78, 5) is 4.26. The van der Waals surface area contributed by atoms with E-state index in [1.54, 1.807) is 12.3 Å². The van der Waals surface area contributed by atoms with Crippen molar-refractivity contribution in [2.75, 3.05) is 24.7 Å². The maximum Gasteiger partial charge on any atom is 0.125 e. The van der Waals surface area contributed by atoms with Crippen molar-refractivity contribution < 1.29 is 10.2 Å². The molecule has 1 aromatic heterocycles. The SMILES string of the molecule is Nc1cc(CCO)c(N)c(CCO)c1-c1nccs1. The van der Waals surface area contributed by atoms with Gasteiger partial charge in [0.1, 0.15) is 5.01 Å². The molecule has 0 saturated carbocycles. The summed E-state index contributed by atoms with van der Waals surface area (Å²) in [5.41, 5.74) is 15.8. The molecule has 0 aliphatic rings. The quantitative estimate of drug-likeness (QED) is 0.612. The summed E-state index contributed by atoms with van der Waals surface area (Å²) in [6.45, 7) is 0.00337. The van der Waals surface area contributed by atoms with Gasteiger partial charge in [-0.3, -0.25) is 0 Å². The molecule has 5 nitrogen and oxygen atoms in total. The van der Waals surface area contributed by atoms with E-state index >= 15 is 0 Å². The van der Waals surface area contributed by atoms with Gasteiger partial charge in [0.05, 0.1) is 0 Å². The van der Waals surface area contributed by atoms with E-state index in [9.17, 15) is 5.11 Å². The van der Waals surface area contributed by atoms with Crippen LogP contribution in [-0.2, 0) is 12.8 Å². The Kier molecular flexibility index (Phi) is 4.36. The zero-order chi connectivity index (χ0) is 13.8. The summed E-state index contributed by atoms with van der Waals surface area (Å²) in [6, 6.07) is 1.78. The Hall–Kier alpha value is -1.63. The highest BCUT2D eigenvalue weighted by molar-refractivity contribution is 7.13. The van der Waals surface area contributed by atoms with Crippen LogP contribution in [0.25, 0.3) is 10.6 Å². The normalized spacial score (nSPS) is 10.8. The van der Waals surface area contributed by atoms with E-state index in [2.05, 4.69) is 4.98 Å². The lowest BCUT2D eigenvalue weighted by Crippen LogP contribution is -2.08. The largest absolute Gasteiger partial charge is 0.398 e. The van der Waals surface area contributed by atoms with Crippen molar-refractivity contribution >= 4 is 22.7 Å². The number of rotatable bonds is 5. The molecule has 0 bridgehead atoms. The van der Waals surface area contributed by atoms with Gasteiger partial charge in [-0.25, -0.2) is 4.98 Å². The van der Waals surface area contributed by atoms with Crippen LogP contribution >= 0.6 is 11.3 Å². The monoisotopic (exact) mass is 279 g/mol. The van der Waals surface area contributed by atoms with Gasteiger partial charge in [-0.05, 0) is 30.0 Å². The fourth-order valence-corrected chi connectivity index (χ4v) is 2.87. The molecule has 19 heavy (non-hydrogen) atoms. The predicted molar refractivity (Wildman–Crippen MR) is 78.0 cm³/mol. The minimum Gasteiger partial charge on any atom is -0.398 e. The molecule has 6 heteroatoms. The third-order valence-electron chi connectivity index (χ3n) is 2.98. The number of aromatic nitrogens is 1. The number of nitrogens with zero attached hydrogens (tertiary/aromatic N) is 1. The standard InChI is InChI=1S/C13H17N3O2S/c14-10-7-8(1-4-17)12(15)9(2-5-18)11(10)13-16-3-6-19-13/h3,6-7,17-18H,1-2,4-5,14-15H2. The molecular weight excluding hydrogens is 262 g/mol. The Morgan fingerprint density at radius 2 is 1.89 bits per heavy atom. The van der Waals surface area contributed by atoms with Crippen LogP contribution in [0.1, 0.15) is 11.1 Å². The fraction of sp³-hybridized carbons (Fsp3) is 0.308. The lowest BCUT2D eigenvalue weighted by atomic mass is 9.95. The number of thiazole rings is 1. The molecule has 6 N–H and O–H groups in total. The Morgan fingerprint density at radius 1 is 1.16 bits per heavy atom. The van der Waals surface area contributed by atoms with Crippen molar-refractivity contribution in [3.63, 3.8) is 0 Å². The maximum absolute atomic E-state index is 9.22. The maximum atomic E-state index is 9.22. The van der Waals surface area contributed by atoms with E-state index in [4.69, 9.17) is 16.6 Å². The molecule has 2 rings (SSSR count). The van der Waals surface area contributed by atoms with E-state index < -0.39 is 0 Å². The average molecular weight is 279 g/mol. The van der Waals surface area contributed by atoms with Crippen molar-refractivity contribution in [3.8, 4) is 10.6 Å². The third kappa shape index (κ3) is 2.70. The van der Waals surface area contributed by atoms with E-state index in [0.29, 0.717) is 24.2 Å².